The van der Waals surface area contributed by atoms with Crippen molar-refractivity contribution in [2.75, 3.05) is 38.2 Å². The minimum Gasteiger partial charge on any atom is -0.507 e. The number of pyridine rings is 1. The summed E-state index contributed by atoms with van der Waals surface area (Å²) in [4.78, 5) is 13.8. The Morgan fingerprint density at radius 3 is 2.89 bits per heavy atom. The van der Waals surface area contributed by atoms with Crippen LogP contribution in [0.4, 0.5) is 6.01 Å². The molecule has 0 saturated carbocycles. The molecular formula is C20H22N4O3. The summed E-state index contributed by atoms with van der Waals surface area (Å²) in [5, 5.41) is 10.1. The zero-order valence-electron chi connectivity index (χ0n) is 15.2. The van der Waals surface area contributed by atoms with Crippen LogP contribution in [0, 0.1) is 0 Å². The van der Waals surface area contributed by atoms with E-state index in [-0.39, 0.29) is 17.9 Å². The minimum absolute atomic E-state index is 0.203. The molecule has 27 heavy (non-hydrogen) atoms. The highest BCUT2D eigenvalue weighted by Gasteiger charge is 2.38. The summed E-state index contributed by atoms with van der Waals surface area (Å²) in [6, 6.07) is 11.7. The van der Waals surface area contributed by atoms with Crippen LogP contribution in [0.5, 0.6) is 5.75 Å². The van der Waals surface area contributed by atoms with E-state index in [1.807, 2.05) is 24.3 Å². The molecule has 0 spiro atoms. The van der Waals surface area contributed by atoms with E-state index >= 15 is 0 Å². The van der Waals surface area contributed by atoms with E-state index in [9.17, 15) is 5.11 Å². The van der Waals surface area contributed by atoms with Crippen LogP contribution < -0.4 is 4.90 Å². The number of phenolic OH excluding ortho intramolecular Hbond substituents is 1. The third kappa shape index (κ3) is 2.93. The molecular weight excluding hydrogens is 344 g/mol. The Kier molecular flexibility index (Phi) is 3.98. The summed E-state index contributed by atoms with van der Waals surface area (Å²) in [7, 11) is 2.13. The number of fused-ring (bicyclic) bond motifs is 2. The number of aromatic nitrogens is 2. The molecule has 2 fully saturated rings. The van der Waals surface area contributed by atoms with E-state index in [0.29, 0.717) is 35.1 Å². The van der Waals surface area contributed by atoms with Crippen LogP contribution in [0.1, 0.15) is 6.42 Å². The molecule has 0 radical (unpaired) electrons. The SMILES string of the molecule is CN1CCC2OCCN(c3nc4nc(-c5ccccc5O)ccc4o3)C2C1. The number of hydrogen-bond donors (Lipinski definition) is 1. The van der Waals surface area contributed by atoms with E-state index in [1.165, 1.54) is 0 Å². The number of para-hydroxylation sites is 1. The van der Waals surface area contributed by atoms with Crippen molar-refractivity contribution in [2.24, 2.45) is 0 Å². The van der Waals surface area contributed by atoms with Gasteiger partial charge >= 0.3 is 0 Å². The zero-order valence-corrected chi connectivity index (χ0v) is 15.2. The van der Waals surface area contributed by atoms with E-state index < -0.39 is 0 Å². The largest absolute Gasteiger partial charge is 0.507 e. The lowest BCUT2D eigenvalue weighted by molar-refractivity contribution is -0.0259. The van der Waals surface area contributed by atoms with Gasteiger partial charge in [-0.3, -0.25) is 0 Å². The predicted octanol–water partition coefficient (Wildman–Crippen LogP) is 2.50. The van der Waals surface area contributed by atoms with Crippen molar-refractivity contribution in [3.05, 3.63) is 36.4 Å². The van der Waals surface area contributed by atoms with Gasteiger partial charge in [-0.15, -0.1) is 0 Å². The molecule has 4 heterocycles. The average molecular weight is 366 g/mol. The number of likely N-dealkylation sites (N-methyl/N-ethyl adjacent to an activating group) is 1. The molecule has 0 aliphatic carbocycles. The number of anilines is 1. The average Bonchev–Trinajstić information content (AvgIpc) is 3.11. The topological polar surface area (TPSA) is 74.9 Å². The van der Waals surface area contributed by atoms with Gasteiger partial charge in [0.25, 0.3) is 6.01 Å². The number of likely N-dealkylation sites (tertiary alicyclic amines) is 1. The highest BCUT2D eigenvalue weighted by atomic mass is 16.5. The van der Waals surface area contributed by atoms with E-state index in [2.05, 4.69) is 26.8 Å². The molecule has 2 atom stereocenters. The van der Waals surface area contributed by atoms with Gasteiger partial charge in [0.1, 0.15) is 5.75 Å². The first-order valence-corrected chi connectivity index (χ1v) is 9.32. The van der Waals surface area contributed by atoms with Gasteiger partial charge in [0.05, 0.1) is 24.4 Å². The Morgan fingerprint density at radius 1 is 1.11 bits per heavy atom. The fourth-order valence-corrected chi connectivity index (χ4v) is 4.04. The molecule has 140 valence electrons. The number of piperidine rings is 1. The molecule has 0 bridgehead atoms. The maximum Gasteiger partial charge on any atom is 0.300 e. The van der Waals surface area contributed by atoms with Crippen molar-refractivity contribution in [1.29, 1.82) is 0 Å². The molecule has 1 N–H and O–H groups in total. The van der Waals surface area contributed by atoms with Gasteiger partial charge in [-0.05, 0) is 37.7 Å². The number of nitrogens with zero attached hydrogens (tertiary/aromatic N) is 4. The number of hydrogen-bond acceptors (Lipinski definition) is 7. The van der Waals surface area contributed by atoms with Crippen molar-refractivity contribution in [2.45, 2.75) is 18.6 Å². The lowest BCUT2D eigenvalue weighted by Crippen LogP contribution is -2.59. The van der Waals surface area contributed by atoms with Crippen molar-refractivity contribution in [3.63, 3.8) is 0 Å². The smallest absolute Gasteiger partial charge is 0.300 e. The molecule has 2 unspecified atom stereocenters. The first kappa shape index (κ1) is 16.5. The number of phenols is 1. The number of aromatic hydroxyl groups is 1. The van der Waals surface area contributed by atoms with Crippen molar-refractivity contribution in [1.82, 2.24) is 14.9 Å². The molecule has 2 aliphatic heterocycles. The Balaban J connectivity index is 1.50. The van der Waals surface area contributed by atoms with Gasteiger partial charge in [0, 0.05) is 25.2 Å². The van der Waals surface area contributed by atoms with Crippen LogP contribution in [0.25, 0.3) is 22.5 Å². The molecule has 0 amide bonds. The van der Waals surface area contributed by atoms with Crippen molar-refractivity contribution in [3.8, 4) is 17.0 Å². The van der Waals surface area contributed by atoms with E-state index in [4.69, 9.17) is 9.15 Å². The van der Waals surface area contributed by atoms with Crippen molar-refractivity contribution < 1.29 is 14.3 Å². The van der Waals surface area contributed by atoms with Crippen LogP contribution in [0.15, 0.2) is 40.8 Å². The molecule has 7 heteroatoms. The van der Waals surface area contributed by atoms with Gasteiger partial charge in [0.2, 0.25) is 5.65 Å². The first-order valence-electron chi connectivity index (χ1n) is 9.32. The van der Waals surface area contributed by atoms with Crippen molar-refractivity contribution >= 4 is 17.2 Å². The number of benzene rings is 1. The summed E-state index contributed by atoms with van der Waals surface area (Å²) in [5.74, 6) is 0.203. The third-order valence-corrected chi connectivity index (χ3v) is 5.46. The van der Waals surface area contributed by atoms with Crippen LogP contribution in [0.3, 0.4) is 0 Å². The molecule has 2 aromatic heterocycles. The summed E-state index contributed by atoms with van der Waals surface area (Å²) in [5.41, 5.74) is 2.57. The maximum atomic E-state index is 10.1. The number of ether oxygens (including phenoxy) is 1. The summed E-state index contributed by atoms with van der Waals surface area (Å²) >= 11 is 0. The highest BCUT2D eigenvalue weighted by Crippen LogP contribution is 2.32. The monoisotopic (exact) mass is 366 g/mol. The Morgan fingerprint density at radius 2 is 2.00 bits per heavy atom. The van der Waals surface area contributed by atoms with Gasteiger partial charge < -0.3 is 24.1 Å². The second-order valence-corrected chi connectivity index (χ2v) is 7.25. The molecule has 2 aliphatic rings. The quantitative estimate of drug-likeness (QED) is 0.747. The third-order valence-electron chi connectivity index (χ3n) is 5.46. The minimum atomic E-state index is 0.203. The normalized spacial score (nSPS) is 23.5. The van der Waals surface area contributed by atoms with Crippen LogP contribution in [-0.2, 0) is 4.74 Å². The molecule has 5 rings (SSSR count). The van der Waals surface area contributed by atoms with Gasteiger partial charge in [-0.2, -0.15) is 4.98 Å². The fourth-order valence-electron chi connectivity index (χ4n) is 4.04. The van der Waals surface area contributed by atoms with Crippen LogP contribution in [-0.4, -0.2) is 65.4 Å². The predicted molar refractivity (Wildman–Crippen MR) is 102 cm³/mol. The second-order valence-electron chi connectivity index (χ2n) is 7.25. The van der Waals surface area contributed by atoms with Gasteiger partial charge in [-0.25, -0.2) is 4.98 Å². The van der Waals surface area contributed by atoms with E-state index in [1.54, 1.807) is 12.1 Å². The lowest BCUT2D eigenvalue weighted by Gasteiger charge is -2.45. The lowest BCUT2D eigenvalue weighted by atomic mass is 9.99. The summed E-state index contributed by atoms with van der Waals surface area (Å²) in [6.45, 7) is 3.42. The molecule has 2 saturated heterocycles. The summed E-state index contributed by atoms with van der Waals surface area (Å²) in [6.07, 6.45) is 1.24. The Hall–Kier alpha value is -2.64. The number of oxazole rings is 1. The number of rotatable bonds is 2. The van der Waals surface area contributed by atoms with Gasteiger partial charge in [-0.1, -0.05) is 12.1 Å². The Labute approximate surface area is 157 Å². The highest BCUT2D eigenvalue weighted by molar-refractivity contribution is 5.76. The van der Waals surface area contributed by atoms with E-state index in [0.717, 1.165) is 26.1 Å². The van der Waals surface area contributed by atoms with Crippen LogP contribution >= 0.6 is 0 Å². The second kappa shape index (κ2) is 6.51. The standard InChI is InChI=1S/C20H22N4O3/c1-23-9-8-17-15(12-23)24(10-11-26-17)20-22-19-18(27-20)7-6-14(21-19)13-4-2-3-5-16(13)25/h2-7,15,17,25H,8-12H2,1H3. The summed E-state index contributed by atoms with van der Waals surface area (Å²) < 4.78 is 12.0. The Bertz CT molecular complexity index is 973. The molecule has 1 aromatic carbocycles. The van der Waals surface area contributed by atoms with Gasteiger partial charge in [0.15, 0.2) is 5.58 Å². The first-order chi connectivity index (χ1) is 13.2. The fraction of sp³-hybridized carbons (Fsp3) is 0.400. The zero-order chi connectivity index (χ0) is 18.4. The maximum absolute atomic E-state index is 10.1. The van der Waals surface area contributed by atoms with Crippen LogP contribution in [0.2, 0.25) is 0 Å². The number of morpholine rings is 1. The molecule has 3 aromatic rings. The molecule has 7 nitrogen and oxygen atoms in total.